The van der Waals surface area contributed by atoms with Crippen LogP contribution in [-0.2, 0) is 14.8 Å². The lowest BCUT2D eigenvalue weighted by molar-refractivity contribution is -0.114. The molecule has 0 atom stereocenters. The normalized spacial score (nSPS) is 11.2. The molecule has 2 aromatic rings. The van der Waals surface area contributed by atoms with Crippen LogP contribution in [0.3, 0.4) is 0 Å². The molecule has 0 aliphatic carbocycles. The van der Waals surface area contributed by atoms with Gasteiger partial charge in [0, 0.05) is 13.1 Å². The van der Waals surface area contributed by atoms with Crippen LogP contribution in [0.4, 0.5) is 5.82 Å². The number of nitrogens with one attached hydrogen (secondary N) is 1. The van der Waals surface area contributed by atoms with E-state index in [0.29, 0.717) is 0 Å². The van der Waals surface area contributed by atoms with Gasteiger partial charge in [-0.05, 0) is 24.3 Å². The second kappa shape index (κ2) is 4.66. The summed E-state index contributed by atoms with van der Waals surface area (Å²) in [6.45, 7) is 1.33. The number of amides is 1. The Morgan fingerprint density at radius 1 is 1.11 bits per heavy atom. The molecule has 0 fully saturated rings. The van der Waals surface area contributed by atoms with Gasteiger partial charge < -0.3 is 5.32 Å². The fraction of sp³-hybridized carbons (Fsp3) is 0.0833. The predicted octanol–water partition coefficient (Wildman–Crippen LogP) is 1.68. The summed E-state index contributed by atoms with van der Waals surface area (Å²) < 4.78 is 25.7. The third-order valence-corrected chi connectivity index (χ3v) is 4.02. The summed E-state index contributed by atoms with van der Waals surface area (Å²) in [5.74, 6) is -0.0930. The first-order chi connectivity index (χ1) is 8.51. The van der Waals surface area contributed by atoms with Crippen LogP contribution in [0.1, 0.15) is 6.92 Å². The first-order valence-corrected chi connectivity index (χ1v) is 6.71. The second-order valence-corrected chi connectivity index (χ2v) is 5.50. The summed E-state index contributed by atoms with van der Waals surface area (Å²) in [7, 11) is -3.67. The molecule has 0 bridgehead atoms. The zero-order valence-corrected chi connectivity index (χ0v) is 10.5. The summed E-state index contributed by atoms with van der Waals surface area (Å²) in [6.07, 6.45) is 1.40. The van der Waals surface area contributed by atoms with Crippen molar-refractivity contribution < 1.29 is 13.2 Å². The molecule has 2 rings (SSSR count). The Morgan fingerprint density at radius 3 is 2.39 bits per heavy atom. The van der Waals surface area contributed by atoms with Crippen molar-refractivity contribution in [1.82, 2.24) is 3.97 Å². The maximum absolute atomic E-state index is 12.3. The van der Waals surface area contributed by atoms with E-state index in [2.05, 4.69) is 5.32 Å². The van der Waals surface area contributed by atoms with Gasteiger partial charge in [-0.3, -0.25) is 4.79 Å². The summed E-state index contributed by atoms with van der Waals surface area (Å²) in [4.78, 5) is 11.2. The number of anilines is 1. The van der Waals surface area contributed by atoms with Crippen LogP contribution in [0.15, 0.2) is 53.6 Å². The molecule has 18 heavy (non-hydrogen) atoms. The fourth-order valence-corrected chi connectivity index (χ4v) is 2.88. The van der Waals surface area contributed by atoms with Crippen molar-refractivity contribution in [2.75, 3.05) is 5.32 Å². The topological polar surface area (TPSA) is 68.2 Å². The molecule has 5 nitrogen and oxygen atoms in total. The van der Waals surface area contributed by atoms with Gasteiger partial charge in [0.25, 0.3) is 10.0 Å². The average molecular weight is 264 g/mol. The number of carbonyl (C=O) groups excluding carboxylic acids is 1. The lowest BCUT2D eigenvalue weighted by Crippen LogP contribution is -2.17. The summed E-state index contributed by atoms with van der Waals surface area (Å²) >= 11 is 0. The Hall–Kier alpha value is -2.08. The highest BCUT2D eigenvalue weighted by molar-refractivity contribution is 7.90. The van der Waals surface area contributed by atoms with Crippen LogP contribution in [0.2, 0.25) is 0 Å². The number of aromatic nitrogens is 1. The minimum Gasteiger partial charge on any atom is -0.312 e. The van der Waals surface area contributed by atoms with Gasteiger partial charge in [-0.2, -0.15) is 0 Å². The van der Waals surface area contributed by atoms with Gasteiger partial charge in [-0.25, -0.2) is 12.4 Å². The van der Waals surface area contributed by atoms with Crippen LogP contribution in [0.5, 0.6) is 0 Å². The van der Waals surface area contributed by atoms with Crippen molar-refractivity contribution in [2.24, 2.45) is 0 Å². The Bertz CT molecular complexity index is 660. The highest BCUT2D eigenvalue weighted by atomic mass is 32.2. The molecule has 1 N–H and O–H groups in total. The van der Waals surface area contributed by atoms with Crippen molar-refractivity contribution >= 4 is 21.7 Å². The molecule has 0 saturated carbocycles. The van der Waals surface area contributed by atoms with Crippen molar-refractivity contribution in [3.8, 4) is 0 Å². The largest absolute Gasteiger partial charge is 0.312 e. The first kappa shape index (κ1) is 12.4. The van der Waals surface area contributed by atoms with E-state index in [0.717, 1.165) is 3.97 Å². The van der Waals surface area contributed by atoms with Crippen molar-refractivity contribution in [3.63, 3.8) is 0 Å². The summed E-state index contributed by atoms with van der Waals surface area (Å²) in [6, 6.07) is 11.1. The van der Waals surface area contributed by atoms with Crippen LogP contribution < -0.4 is 5.32 Å². The molecule has 0 spiro atoms. The molecule has 0 radical (unpaired) electrons. The van der Waals surface area contributed by atoms with Crippen molar-refractivity contribution in [3.05, 3.63) is 48.7 Å². The molecule has 0 unspecified atom stereocenters. The number of carbonyl (C=O) groups is 1. The predicted molar refractivity (Wildman–Crippen MR) is 67.8 cm³/mol. The standard InChI is InChI=1S/C12H12N2O3S/c1-10(15)13-12-8-5-9-14(12)18(16,17)11-6-3-2-4-7-11/h2-9H,1H3,(H,13,15). The lowest BCUT2D eigenvalue weighted by Gasteiger charge is -2.10. The quantitative estimate of drug-likeness (QED) is 0.917. The molecule has 0 aliphatic heterocycles. The zero-order chi connectivity index (χ0) is 13.2. The number of rotatable bonds is 3. The van der Waals surface area contributed by atoms with Crippen LogP contribution in [0, 0.1) is 0 Å². The molecule has 6 heteroatoms. The van der Waals surface area contributed by atoms with Crippen molar-refractivity contribution in [1.29, 1.82) is 0 Å². The summed E-state index contributed by atoms with van der Waals surface area (Å²) in [5, 5.41) is 2.47. The second-order valence-electron chi connectivity index (χ2n) is 3.69. The van der Waals surface area contributed by atoms with Crippen LogP contribution >= 0.6 is 0 Å². The minimum atomic E-state index is -3.67. The Balaban J connectivity index is 2.49. The van der Waals surface area contributed by atoms with Gasteiger partial charge in [0.1, 0.15) is 5.82 Å². The molecule has 1 aromatic heterocycles. The van der Waals surface area contributed by atoms with Crippen LogP contribution in [-0.4, -0.2) is 18.3 Å². The van der Waals surface area contributed by atoms with E-state index < -0.39 is 10.0 Å². The van der Waals surface area contributed by atoms with Gasteiger partial charge in [-0.1, -0.05) is 18.2 Å². The summed E-state index contributed by atoms with van der Waals surface area (Å²) in [5.41, 5.74) is 0. The number of nitrogens with zero attached hydrogens (tertiary/aromatic N) is 1. The van der Waals surface area contributed by atoms with E-state index in [1.807, 2.05) is 0 Å². The smallest absolute Gasteiger partial charge is 0.269 e. The molecule has 0 aliphatic rings. The van der Waals surface area contributed by atoms with Crippen molar-refractivity contribution in [2.45, 2.75) is 11.8 Å². The molecule has 94 valence electrons. The van der Waals surface area contributed by atoms with Gasteiger partial charge in [0.15, 0.2) is 0 Å². The van der Waals surface area contributed by atoms with E-state index in [4.69, 9.17) is 0 Å². The van der Waals surface area contributed by atoms with Gasteiger partial charge in [0.05, 0.1) is 4.90 Å². The van der Waals surface area contributed by atoms with E-state index >= 15 is 0 Å². The van der Waals surface area contributed by atoms with Gasteiger partial charge in [0.2, 0.25) is 5.91 Å². The molecule has 0 saturated heterocycles. The van der Waals surface area contributed by atoms with Crippen LogP contribution in [0.25, 0.3) is 0 Å². The SMILES string of the molecule is CC(=O)Nc1cccn1S(=O)(=O)c1ccccc1. The van der Waals surface area contributed by atoms with E-state index in [1.54, 1.807) is 24.3 Å². The lowest BCUT2D eigenvalue weighted by atomic mass is 10.4. The maximum Gasteiger partial charge on any atom is 0.269 e. The highest BCUT2D eigenvalue weighted by Crippen LogP contribution is 2.19. The molecule has 1 aromatic carbocycles. The Labute approximate surface area is 105 Å². The molecule has 1 heterocycles. The zero-order valence-electron chi connectivity index (χ0n) is 9.70. The third-order valence-electron chi connectivity index (χ3n) is 2.32. The molecular formula is C12H12N2O3S. The number of hydrogen-bond donors (Lipinski definition) is 1. The monoisotopic (exact) mass is 264 g/mol. The number of hydrogen-bond acceptors (Lipinski definition) is 3. The fourth-order valence-electron chi connectivity index (χ4n) is 1.56. The Morgan fingerprint density at radius 2 is 1.78 bits per heavy atom. The third kappa shape index (κ3) is 2.28. The number of benzene rings is 1. The highest BCUT2D eigenvalue weighted by Gasteiger charge is 2.19. The molecule has 1 amide bonds. The van der Waals surface area contributed by atoms with E-state index in [-0.39, 0.29) is 16.6 Å². The maximum atomic E-state index is 12.3. The molecular weight excluding hydrogens is 252 g/mol. The van der Waals surface area contributed by atoms with E-state index in [9.17, 15) is 13.2 Å². The van der Waals surface area contributed by atoms with E-state index in [1.165, 1.54) is 31.3 Å². The minimum absolute atomic E-state index is 0.174. The Kier molecular flexibility index (Phi) is 3.20. The van der Waals surface area contributed by atoms with Gasteiger partial charge >= 0.3 is 0 Å². The average Bonchev–Trinajstić information content (AvgIpc) is 2.78. The van der Waals surface area contributed by atoms with Gasteiger partial charge in [-0.15, -0.1) is 0 Å². The first-order valence-electron chi connectivity index (χ1n) is 5.27.